The number of rotatable bonds is 42. The number of phosphoric acid groups is 1. The zero-order valence-corrected chi connectivity index (χ0v) is 38.9. The van der Waals surface area contributed by atoms with Crippen LogP contribution in [0.5, 0.6) is 0 Å². The minimum absolute atomic E-state index is 0.0267. The van der Waals surface area contributed by atoms with Crippen molar-refractivity contribution in [2.45, 2.75) is 200 Å². The van der Waals surface area contributed by atoms with Crippen molar-refractivity contribution >= 4 is 19.8 Å². The van der Waals surface area contributed by atoms with Gasteiger partial charge in [0.2, 0.25) is 0 Å². The first-order valence-electron chi connectivity index (χ1n) is 23.4. The van der Waals surface area contributed by atoms with E-state index in [0.29, 0.717) is 17.4 Å². The lowest BCUT2D eigenvalue weighted by Crippen LogP contribution is -2.37. The van der Waals surface area contributed by atoms with Crippen molar-refractivity contribution in [2.75, 3.05) is 47.5 Å². The van der Waals surface area contributed by atoms with Crippen LogP contribution in [0.25, 0.3) is 0 Å². The summed E-state index contributed by atoms with van der Waals surface area (Å²) in [6, 6.07) is 0. The number of phosphoric ester groups is 1. The Labute approximate surface area is 356 Å². The zero-order chi connectivity index (χ0) is 42.8. The predicted molar refractivity (Wildman–Crippen MR) is 243 cm³/mol. The minimum Gasteiger partial charge on any atom is -0.462 e. The number of allylic oxidation sites excluding steroid dienone is 8. The van der Waals surface area contributed by atoms with Crippen LogP contribution in [-0.4, -0.2) is 74.9 Å². The Hall–Kier alpha value is -2.03. The van der Waals surface area contributed by atoms with Crippen molar-refractivity contribution in [3.63, 3.8) is 0 Å². The predicted octanol–water partition coefficient (Wildman–Crippen LogP) is 13.5. The van der Waals surface area contributed by atoms with Crippen molar-refractivity contribution < 1.29 is 42.1 Å². The topological polar surface area (TPSA) is 108 Å². The van der Waals surface area contributed by atoms with Gasteiger partial charge < -0.3 is 18.9 Å². The number of likely N-dealkylation sites (N-methyl/N-ethyl adjacent to an activating group) is 1. The van der Waals surface area contributed by atoms with E-state index in [2.05, 4.69) is 62.5 Å². The number of hydrogen-bond donors (Lipinski definition) is 1. The summed E-state index contributed by atoms with van der Waals surface area (Å²) < 4.78 is 34.3. The first kappa shape index (κ1) is 56.0. The van der Waals surface area contributed by atoms with E-state index >= 15 is 0 Å². The second-order valence-corrected chi connectivity index (χ2v) is 18.2. The summed E-state index contributed by atoms with van der Waals surface area (Å²) in [6.45, 7) is 4.29. The van der Waals surface area contributed by atoms with Crippen LogP contribution < -0.4 is 0 Å². The highest BCUT2D eigenvalue weighted by Crippen LogP contribution is 2.43. The van der Waals surface area contributed by atoms with Crippen molar-refractivity contribution in [1.29, 1.82) is 0 Å². The molecule has 0 aromatic carbocycles. The van der Waals surface area contributed by atoms with Crippen molar-refractivity contribution in [3.05, 3.63) is 48.6 Å². The van der Waals surface area contributed by atoms with Gasteiger partial charge in [0.15, 0.2) is 6.10 Å². The molecule has 0 spiro atoms. The molecule has 0 saturated heterocycles. The Morgan fingerprint density at radius 3 is 1.48 bits per heavy atom. The molecule has 0 aliphatic heterocycles. The molecule has 0 aliphatic carbocycles. The Bertz CT molecular complexity index is 1130. The largest absolute Gasteiger partial charge is 0.472 e. The van der Waals surface area contributed by atoms with Crippen LogP contribution in [0, 0.1) is 0 Å². The van der Waals surface area contributed by atoms with Gasteiger partial charge in [0, 0.05) is 12.8 Å². The van der Waals surface area contributed by atoms with E-state index in [1.165, 1.54) is 77.0 Å². The van der Waals surface area contributed by atoms with Crippen LogP contribution in [0.2, 0.25) is 0 Å². The first-order chi connectivity index (χ1) is 28.0. The quantitative estimate of drug-likeness (QED) is 0.0213. The molecule has 0 amide bonds. The van der Waals surface area contributed by atoms with Gasteiger partial charge in [-0.25, -0.2) is 4.57 Å². The van der Waals surface area contributed by atoms with Gasteiger partial charge in [-0.3, -0.25) is 18.6 Å². The Kier molecular flexibility index (Phi) is 39.0. The van der Waals surface area contributed by atoms with Crippen molar-refractivity contribution in [1.82, 2.24) is 0 Å². The lowest BCUT2D eigenvalue weighted by atomic mass is 10.1. The van der Waals surface area contributed by atoms with Gasteiger partial charge in [0.05, 0.1) is 27.7 Å². The molecule has 0 saturated carbocycles. The molecule has 58 heavy (non-hydrogen) atoms. The summed E-state index contributed by atoms with van der Waals surface area (Å²) in [5.74, 6) is -0.822. The van der Waals surface area contributed by atoms with E-state index in [4.69, 9.17) is 18.5 Å². The molecule has 0 radical (unpaired) electrons. The van der Waals surface area contributed by atoms with Gasteiger partial charge in [-0.2, -0.15) is 0 Å². The number of carbonyl (C=O) groups is 2. The number of ether oxygens (including phenoxy) is 2. The molecule has 9 nitrogen and oxygen atoms in total. The summed E-state index contributed by atoms with van der Waals surface area (Å²) in [4.78, 5) is 35.4. The van der Waals surface area contributed by atoms with Gasteiger partial charge in [0.25, 0.3) is 0 Å². The number of hydrogen-bond acceptors (Lipinski definition) is 7. The Balaban J connectivity index is 4.34. The molecule has 0 fully saturated rings. The summed E-state index contributed by atoms with van der Waals surface area (Å²) >= 11 is 0. The van der Waals surface area contributed by atoms with Gasteiger partial charge in [-0.15, -0.1) is 0 Å². The standard InChI is InChI=1S/C48H88NO8P/c1-6-8-10-12-14-16-18-20-22-23-24-25-27-29-31-33-35-37-39-41-48(51)57-46(45-56-58(52,53)55-43-42-49(3,4)5)44-54-47(50)40-38-36-34-32-30-28-26-21-19-17-15-13-11-9-7-2/h9,11,15,17,21,23-24,26,46H,6-8,10,12-14,16,18-20,22,25,27-45H2,1-5H3/p+1/b11-9-,17-15-,24-23-,26-21-/t46-/m1/s1. The molecule has 0 aromatic rings. The molecule has 0 aliphatic rings. The maximum Gasteiger partial charge on any atom is 0.472 e. The highest BCUT2D eigenvalue weighted by atomic mass is 31.2. The molecule has 0 aromatic heterocycles. The van der Waals surface area contributed by atoms with Gasteiger partial charge in [0.1, 0.15) is 19.8 Å². The van der Waals surface area contributed by atoms with E-state index in [1.54, 1.807) is 0 Å². The molecule has 1 unspecified atom stereocenters. The summed E-state index contributed by atoms with van der Waals surface area (Å²) in [5, 5.41) is 0. The number of unbranched alkanes of at least 4 members (excludes halogenated alkanes) is 20. The van der Waals surface area contributed by atoms with Crippen LogP contribution in [0.4, 0.5) is 0 Å². The molecule has 0 rings (SSSR count). The molecule has 0 bridgehead atoms. The fourth-order valence-corrected chi connectivity index (χ4v) is 6.94. The third-order valence-corrected chi connectivity index (χ3v) is 10.8. The smallest absolute Gasteiger partial charge is 0.462 e. The normalized spacial score (nSPS) is 14.0. The molecule has 2 atom stereocenters. The average molecular weight is 839 g/mol. The van der Waals surface area contributed by atoms with Crippen molar-refractivity contribution in [3.8, 4) is 0 Å². The highest BCUT2D eigenvalue weighted by molar-refractivity contribution is 7.47. The Morgan fingerprint density at radius 2 is 0.983 bits per heavy atom. The van der Waals surface area contributed by atoms with Crippen LogP contribution in [0.3, 0.4) is 0 Å². The van der Waals surface area contributed by atoms with E-state index in [9.17, 15) is 19.0 Å². The second kappa shape index (κ2) is 40.4. The maximum absolute atomic E-state index is 12.7. The maximum atomic E-state index is 12.7. The lowest BCUT2D eigenvalue weighted by molar-refractivity contribution is -0.870. The fraction of sp³-hybridized carbons (Fsp3) is 0.792. The van der Waals surface area contributed by atoms with Crippen LogP contribution >= 0.6 is 7.82 Å². The van der Waals surface area contributed by atoms with Crippen LogP contribution in [-0.2, 0) is 32.7 Å². The summed E-state index contributed by atoms with van der Waals surface area (Å²) in [7, 11) is 1.46. The fourth-order valence-electron chi connectivity index (χ4n) is 6.20. The SMILES string of the molecule is CC/C=C\C/C=C\C/C=C\CCCCCCCC(=O)OC[C@H](COP(=O)(O)OCC[N+](C)(C)C)OC(=O)CCCCCCCCC/C=C\CCCCCCCCCC. The van der Waals surface area contributed by atoms with Crippen molar-refractivity contribution in [2.24, 2.45) is 0 Å². The average Bonchev–Trinajstić information content (AvgIpc) is 3.17. The second-order valence-electron chi connectivity index (χ2n) is 16.8. The van der Waals surface area contributed by atoms with E-state index in [-0.39, 0.29) is 32.0 Å². The third-order valence-electron chi connectivity index (χ3n) is 9.84. The lowest BCUT2D eigenvalue weighted by Gasteiger charge is -2.24. The first-order valence-corrected chi connectivity index (χ1v) is 24.9. The minimum atomic E-state index is -4.38. The van der Waals surface area contributed by atoms with E-state index < -0.39 is 26.5 Å². The molecule has 10 heteroatoms. The van der Waals surface area contributed by atoms with E-state index in [0.717, 1.165) is 83.5 Å². The number of nitrogens with zero attached hydrogens (tertiary/aromatic N) is 1. The molecule has 1 N–H and O–H groups in total. The number of quaternary nitrogens is 1. The molecule has 338 valence electrons. The Morgan fingerprint density at radius 1 is 0.552 bits per heavy atom. The van der Waals surface area contributed by atoms with Crippen LogP contribution in [0.1, 0.15) is 194 Å². The zero-order valence-electron chi connectivity index (χ0n) is 38.0. The highest BCUT2D eigenvalue weighted by Gasteiger charge is 2.27. The molecule has 0 heterocycles. The van der Waals surface area contributed by atoms with Gasteiger partial charge in [-0.05, 0) is 70.6 Å². The summed E-state index contributed by atoms with van der Waals surface area (Å²) in [5.41, 5.74) is 0. The summed E-state index contributed by atoms with van der Waals surface area (Å²) in [6.07, 6.45) is 47.3. The van der Waals surface area contributed by atoms with E-state index in [1.807, 2.05) is 21.1 Å². The third kappa shape index (κ3) is 43.5. The van der Waals surface area contributed by atoms with Crippen LogP contribution in [0.15, 0.2) is 48.6 Å². The van der Waals surface area contributed by atoms with Gasteiger partial charge >= 0.3 is 19.8 Å². The monoisotopic (exact) mass is 839 g/mol. The number of esters is 2. The molecular formula is C48H89NO8P+. The molecular weight excluding hydrogens is 750 g/mol. The number of carbonyl (C=O) groups excluding carboxylic acids is 2. The van der Waals surface area contributed by atoms with Gasteiger partial charge in [-0.1, -0.05) is 159 Å².